The van der Waals surface area contributed by atoms with Gasteiger partial charge in [0.25, 0.3) is 0 Å². The normalized spacial score (nSPS) is 18.5. The minimum Gasteiger partial charge on any atom is -0.490 e. The number of carbonyl (C=O) groups excluding carboxylic acids is 2. The number of methoxy groups -OCH3 is 1. The average Bonchev–Trinajstić information content (AvgIpc) is 3.81. The summed E-state index contributed by atoms with van der Waals surface area (Å²) in [6.45, 7) is 8.92. The number of halogens is 2. The summed E-state index contributed by atoms with van der Waals surface area (Å²) in [6, 6.07) is 11.4. The van der Waals surface area contributed by atoms with Gasteiger partial charge >= 0.3 is 0 Å². The van der Waals surface area contributed by atoms with Gasteiger partial charge in [-0.2, -0.15) is 5.10 Å². The number of benzene rings is 2. The van der Waals surface area contributed by atoms with Crippen molar-refractivity contribution in [3.05, 3.63) is 89.0 Å². The summed E-state index contributed by atoms with van der Waals surface area (Å²) in [5, 5.41) is 7.77. The standard InChI is InChI=1S/C40H42F2N6O4S/c1-8-34(49)47-20-22(2)48-31(23(47)3)19-30(44-48)38-36(35-29(42)17-27(41)18-33(35)52-13-12-51-7)39-28(11-14-53-39)37(43-38)25-10-9-24-16-32(40(50)45(4)5)46(6)21-26(24)15-25/h8-11,14-15,17-19,22-23,32H,1,12-13,16,20-21H2,2-7H3. The molecule has 5 heterocycles. The monoisotopic (exact) mass is 740 g/mol. The van der Waals surface area contributed by atoms with Crippen molar-refractivity contribution in [3.63, 3.8) is 0 Å². The number of likely N-dealkylation sites (N-methyl/N-ethyl adjacent to an activating group) is 2. The highest BCUT2D eigenvalue weighted by molar-refractivity contribution is 7.18. The highest BCUT2D eigenvalue weighted by Gasteiger charge is 2.35. The summed E-state index contributed by atoms with van der Waals surface area (Å²) in [6.07, 6.45) is 1.90. The zero-order chi connectivity index (χ0) is 37.7. The lowest BCUT2D eigenvalue weighted by Gasteiger charge is -2.36. The Balaban J connectivity index is 1.45. The van der Waals surface area contributed by atoms with Gasteiger partial charge in [0.15, 0.2) is 0 Å². The predicted molar refractivity (Wildman–Crippen MR) is 202 cm³/mol. The number of nitrogens with zero attached hydrogens (tertiary/aromatic N) is 6. The molecule has 0 N–H and O–H groups in total. The first-order chi connectivity index (χ1) is 25.4. The lowest BCUT2D eigenvalue weighted by molar-refractivity contribution is -0.134. The molecule has 5 aromatic rings. The van der Waals surface area contributed by atoms with Crippen molar-refractivity contribution in [2.75, 3.05) is 48.0 Å². The van der Waals surface area contributed by atoms with Gasteiger partial charge in [0.2, 0.25) is 11.8 Å². The van der Waals surface area contributed by atoms with Crippen LogP contribution >= 0.6 is 11.3 Å². The first-order valence-corrected chi connectivity index (χ1v) is 18.4. The van der Waals surface area contributed by atoms with Crippen molar-refractivity contribution < 1.29 is 27.8 Å². The Morgan fingerprint density at radius 1 is 1.06 bits per heavy atom. The molecule has 0 bridgehead atoms. The van der Waals surface area contributed by atoms with E-state index in [2.05, 4.69) is 23.6 Å². The van der Waals surface area contributed by atoms with Crippen LogP contribution in [0.15, 0.2) is 60.5 Å². The zero-order valence-electron chi connectivity index (χ0n) is 30.7. The van der Waals surface area contributed by atoms with Gasteiger partial charge in [0, 0.05) is 67.6 Å². The van der Waals surface area contributed by atoms with E-state index in [-0.39, 0.29) is 54.5 Å². The predicted octanol–water partition coefficient (Wildman–Crippen LogP) is 6.89. The Bertz CT molecular complexity index is 2250. The van der Waals surface area contributed by atoms with Crippen LogP contribution in [0.25, 0.3) is 43.9 Å². The number of thiophene rings is 1. The molecule has 0 fully saturated rings. The van der Waals surface area contributed by atoms with E-state index < -0.39 is 11.6 Å². The van der Waals surface area contributed by atoms with Crippen LogP contribution in [0.1, 0.15) is 42.8 Å². The van der Waals surface area contributed by atoms with Crippen LogP contribution in [0.3, 0.4) is 0 Å². The summed E-state index contributed by atoms with van der Waals surface area (Å²) in [7, 11) is 7.03. The van der Waals surface area contributed by atoms with E-state index in [4.69, 9.17) is 19.6 Å². The molecule has 0 spiro atoms. The second-order valence-electron chi connectivity index (χ2n) is 13.9. The Morgan fingerprint density at radius 3 is 2.58 bits per heavy atom. The number of ether oxygens (including phenoxy) is 2. The van der Waals surface area contributed by atoms with Crippen molar-refractivity contribution in [2.45, 2.75) is 44.9 Å². The van der Waals surface area contributed by atoms with Crippen LogP contribution in [0.2, 0.25) is 0 Å². The minimum absolute atomic E-state index is 0.0251. The quantitative estimate of drug-likeness (QED) is 0.120. The second kappa shape index (κ2) is 14.4. The molecule has 276 valence electrons. The summed E-state index contributed by atoms with van der Waals surface area (Å²) in [5.41, 5.74) is 5.90. The molecule has 0 saturated heterocycles. The topological polar surface area (TPSA) is 93.0 Å². The van der Waals surface area contributed by atoms with Gasteiger partial charge in [0.1, 0.15) is 35.4 Å². The Morgan fingerprint density at radius 2 is 1.85 bits per heavy atom. The third-order valence-electron chi connectivity index (χ3n) is 10.2. The summed E-state index contributed by atoms with van der Waals surface area (Å²) in [4.78, 5) is 36.5. The van der Waals surface area contributed by atoms with E-state index in [1.165, 1.54) is 30.6 Å². The van der Waals surface area contributed by atoms with Crippen LogP contribution in [-0.4, -0.2) is 95.3 Å². The zero-order valence-corrected chi connectivity index (χ0v) is 31.5. The van der Waals surface area contributed by atoms with Gasteiger partial charge in [-0.25, -0.2) is 13.8 Å². The lowest BCUT2D eigenvalue weighted by Crippen LogP contribution is -2.48. The van der Waals surface area contributed by atoms with Gasteiger partial charge in [0.05, 0.1) is 41.7 Å². The number of hydrogen-bond acceptors (Lipinski definition) is 8. The van der Waals surface area contributed by atoms with Crippen LogP contribution in [0.5, 0.6) is 5.75 Å². The lowest BCUT2D eigenvalue weighted by atomic mass is 9.90. The van der Waals surface area contributed by atoms with Crippen molar-refractivity contribution in [2.24, 2.45) is 0 Å². The van der Waals surface area contributed by atoms with Gasteiger partial charge in [-0.15, -0.1) is 11.3 Å². The maximum atomic E-state index is 16.3. The highest BCUT2D eigenvalue weighted by Crippen LogP contribution is 2.48. The van der Waals surface area contributed by atoms with E-state index >= 15 is 4.39 Å². The minimum atomic E-state index is -0.796. The summed E-state index contributed by atoms with van der Waals surface area (Å²) >= 11 is 1.43. The Kier molecular flexibility index (Phi) is 9.92. The molecule has 0 radical (unpaired) electrons. The maximum Gasteiger partial charge on any atom is 0.246 e. The molecule has 3 aromatic heterocycles. The molecular formula is C40H42F2N6O4S. The molecule has 13 heteroatoms. The van der Waals surface area contributed by atoms with Gasteiger partial charge in [-0.1, -0.05) is 18.7 Å². The van der Waals surface area contributed by atoms with Crippen molar-refractivity contribution in [1.29, 1.82) is 0 Å². The van der Waals surface area contributed by atoms with Gasteiger partial charge in [-0.3, -0.25) is 19.2 Å². The molecular weight excluding hydrogens is 699 g/mol. The molecule has 3 unspecified atom stereocenters. The number of rotatable bonds is 9. The first kappa shape index (κ1) is 36.4. The molecule has 0 aliphatic carbocycles. The number of hydrogen-bond donors (Lipinski definition) is 0. The molecule has 2 amide bonds. The molecule has 10 nitrogen and oxygen atoms in total. The smallest absolute Gasteiger partial charge is 0.246 e. The molecule has 3 atom stereocenters. The number of fused-ring (bicyclic) bond motifs is 3. The Hall–Kier alpha value is -4.98. The van der Waals surface area contributed by atoms with E-state index in [9.17, 15) is 14.0 Å². The SMILES string of the molecule is C=CC(=O)N1CC(C)n2nc(-c3nc(-c4ccc5c(c4)CN(C)C(C(=O)N(C)C)C5)c4ccsc4c3-c3c(F)cc(F)cc3OCCOC)cc2C1C. The first-order valence-electron chi connectivity index (χ1n) is 17.5. The molecule has 2 aliphatic heterocycles. The number of carbonyl (C=O) groups is 2. The summed E-state index contributed by atoms with van der Waals surface area (Å²) < 4.78 is 44.8. The Labute approximate surface area is 311 Å². The fourth-order valence-electron chi connectivity index (χ4n) is 7.51. The maximum absolute atomic E-state index is 16.3. The summed E-state index contributed by atoms with van der Waals surface area (Å²) in [5.74, 6) is -1.66. The van der Waals surface area contributed by atoms with E-state index in [0.29, 0.717) is 42.2 Å². The molecule has 0 saturated carbocycles. The van der Waals surface area contributed by atoms with Crippen LogP contribution in [0.4, 0.5) is 8.78 Å². The van der Waals surface area contributed by atoms with Crippen LogP contribution in [0, 0.1) is 11.6 Å². The molecule has 2 aromatic carbocycles. The second-order valence-corrected chi connectivity index (χ2v) is 14.8. The van der Waals surface area contributed by atoms with Crippen molar-refractivity contribution >= 4 is 33.2 Å². The van der Waals surface area contributed by atoms with E-state index in [1.54, 1.807) is 23.9 Å². The third-order valence-corrected chi connectivity index (χ3v) is 11.2. The van der Waals surface area contributed by atoms with E-state index in [0.717, 1.165) is 38.5 Å². The molecule has 7 rings (SSSR count). The van der Waals surface area contributed by atoms with Gasteiger partial charge < -0.3 is 19.3 Å². The fraction of sp³-hybridized carbons (Fsp3) is 0.350. The fourth-order valence-corrected chi connectivity index (χ4v) is 8.46. The number of pyridine rings is 1. The highest BCUT2D eigenvalue weighted by atomic mass is 32.1. The molecule has 53 heavy (non-hydrogen) atoms. The van der Waals surface area contributed by atoms with Crippen LogP contribution < -0.4 is 4.74 Å². The van der Waals surface area contributed by atoms with Crippen LogP contribution in [-0.2, 0) is 27.3 Å². The van der Waals surface area contributed by atoms with Crippen molar-refractivity contribution in [3.8, 4) is 39.5 Å². The molecule has 2 aliphatic rings. The number of aromatic nitrogens is 3. The van der Waals surface area contributed by atoms with E-state index in [1.807, 2.05) is 49.2 Å². The third kappa shape index (κ3) is 6.51. The average molecular weight is 741 g/mol. The largest absolute Gasteiger partial charge is 0.490 e. The van der Waals surface area contributed by atoms with Crippen molar-refractivity contribution in [1.82, 2.24) is 29.5 Å². The number of amides is 2. The van der Waals surface area contributed by atoms with Gasteiger partial charge in [-0.05, 0) is 68.1 Å².